The fourth-order valence-electron chi connectivity index (χ4n) is 1.64. The molecule has 2 heteroatoms. The maximum atomic E-state index is 2.57. The summed E-state index contributed by atoms with van der Waals surface area (Å²) < 4.78 is 0. The molecule has 66 valence electrons. The molecule has 0 aromatic rings. The van der Waals surface area contributed by atoms with Crippen molar-refractivity contribution in [3.8, 4) is 0 Å². The van der Waals surface area contributed by atoms with Crippen molar-refractivity contribution < 1.29 is 0 Å². The number of rotatable bonds is 2. The van der Waals surface area contributed by atoms with Crippen LogP contribution < -0.4 is 0 Å². The second-order valence-electron chi connectivity index (χ2n) is 3.50. The normalized spacial score (nSPS) is 23.5. The Bertz CT molecular complexity index is 104. The zero-order valence-electron chi connectivity index (χ0n) is 7.84. The lowest BCUT2D eigenvalue weighted by Gasteiger charge is -2.18. The molecule has 1 aliphatic heterocycles. The second kappa shape index (κ2) is 4.73. The number of hydrogen-bond donors (Lipinski definition) is 0. The third-order valence-corrected chi connectivity index (χ3v) is 2.35. The van der Waals surface area contributed by atoms with Crippen molar-refractivity contribution in [1.29, 1.82) is 0 Å². The third-order valence-electron chi connectivity index (χ3n) is 2.35. The summed E-state index contributed by atoms with van der Waals surface area (Å²) in [4.78, 5) is 5.00. The van der Waals surface area contributed by atoms with Gasteiger partial charge in [0.15, 0.2) is 0 Å². The first-order chi connectivity index (χ1) is 5.33. The Morgan fingerprint density at radius 2 is 1.91 bits per heavy atom. The van der Waals surface area contributed by atoms with Crippen molar-refractivity contribution in [2.45, 2.75) is 19.8 Å². The van der Waals surface area contributed by atoms with E-state index in [0.29, 0.717) is 0 Å². The molecular formula is C9H20N2. The second-order valence-corrected chi connectivity index (χ2v) is 3.50. The molecule has 0 saturated carbocycles. The van der Waals surface area contributed by atoms with Crippen LogP contribution in [0.1, 0.15) is 19.8 Å². The molecular weight excluding hydrogens is 136 g/mol. The molecule has 1 rings (SSSR count). The first-order valence-corrected chi connectivity index (χ1v) is 4.74. The summed E-state index contributed by atoms with van der Waals surface area (Å²) in [5.74, 6) is 0. The van der Waals surface area contributed by atoms with E-state index in [9.17, 15) is 0 Å². The smallest absolute Gasteiger partial charge is 0.0109 e. The van der Waals surface area contributed by atoms with Crippen molar-refractivity contribution in [3.05, 3.63) is 0 Å². The molecule has 1 heterocycles. The van der Waals surface area contributed by atoms with Crippen LogP contribution in [0.15, 0.2) is 0 Å². The van der Waals surface area contributed by atoms with Gasteiger partial charge in [-0.05, 0) is 39.5 Å². The van der Waals surface area contributed by atoms with Gasteiger partial charge in [0.1, 0.15) is 0 Å². The highest BCUT2D eigenvalue weighted by Crippen LogP contribution is 2.00. The fraction of sp³-hybridized carbons (Fsp3) is 1.00. The molecule has 0 atom stereocenters. The summed E-state index contributed by atoms with van der Waals surface area (Å²) in [5, 5.41) is 0. The van der Waals surface area contributed by atoms with Crippen LogP contribution in [0.5, 0.6) is 0 Å². The van der Waals surface area contributed by atoms with Crippen LogP contribution in [-0.4, -0.2) is 49.6 Å². The lowest BCUT2D eigenvalue weighted by molar-refractivity contribution is 0.277. The quantitative estimate of drug-likeness (QED) is 0.589. The molecule has 11 heavy (non-hydrogen) atoms. The molecule has 0 unspecified atom stereocenters. The average Bonchev–Trinajstić information content (AvgIpc) is 2.17. The monoisotopic (exact) mass is 156 g/mol. The van der Waals surface area contributed by atoms with Crippen molar-refractivity contribution in [2.24, 2.45) is 0 Å². The molecule has 0 spiro atoms. The van der Waals surface area contributed by atoms with Gasteiger partial charge in [-0.25, -0.2) is 0 Å². The maximum absolute atomic E-state index is 2.57. The summed E-state index contributed by atoms with van der Waals surface area (Å²) >= 11 is 0. The number of nitrogens with zero attached hydrogens (tertiary/aromatic N) is 2. The fourth-order valence-corrected chi connectivity index (χ4v) is 1.64. The molecule has 0 radical (unpaired) electrons. The van der Waals surface area contributed by atoms with Gasteiger partial charge in [-0.2, -0.15) is 0 Å². The van der Waals surface area contributed by atoms with Gasteiger partial charge < -0.3 is 9.80 Å². The first-order valence-electron chi connectivity index (χ1n) is 4.74. The topological polar surface area (TPSA) is 6.48 Å². The zero-order valence-corrected chi connectivity index (χ0v) is 7.84. The van der Waals surface area contributed by atoms with Crippen LogP contribution in [0.2, 0.25) is 0 Å². The summed E-state index contributed by atoms with van der Waals surface area (Å²) in [7, 11) is 2.22. The Kier molecular flexibility index (Phi) is 3.87. The van der Waals surface area contributed by atoms with E-state index in [-0.39, 0.29) is 0 Å². The van der Waals surface area contributed by atoms with E-state index in [1.54, 1.807) is 0 Å². The van der Waals surface area contributed by atoms with Gasteiger partial charge in [-0.3, -0.25) is 0 Å². The predicted octanol–water partition coefficient (Wildman–Crippen LogP) is 1.03. The van der Waals surface area contributed by atoms with Crippen molar-refractivity contribution in [2.75, 3.05) is 39.8 Å². The summed E-state index contributed by atoms with van der Waals surface area (Å²) in [5.41, 5.74) is 0. The lowest BCUT2D eigenvalue weighted by Crippen LogP contribution is -2.29. The SMILES string of the molecule is CCCN1CCCN(C)CC1. The van der Waals surface area contributed by atoms with Crippen molar-refractivity contribution in [1.82, 2.24) is 9.80 Å². The highest BCUT2D eigenvalue weighted by molar-refractivity contribution is 4.66. The standard InChI is InChI=1S/C9H20N2/c1-3-5-11-7-4-6-10(2)8-9-11/h3-9H2,1-2H3. The van der Waals surface area contributed by atoms with E-state index < -0.39 is 0 Å². The number of likely N-dealkylation sites (N-methyl/N-ethyl adjacent to an activating group) is 1. The molecule has 1 aliphatic rings. The van der Waals surface area contributed by atoms with Gasteiger partial charge in [0.05, 0.1) is 0 Å². The minimum absolute atomic E-state index is 1.25. The predicted molar refractivity (Wildman–Crippen MR) is 48.8 cm³/mol. The average molecular weight is 156 g/mol. The van der Waals surface area contributed by atoms with Gasteiger partial charge >= 0.3 is 0 Å². The maximum Gasteiger partial charge on any atom is 0.0109 e. The van der Waals surface area contributed by atoms with E-state index in [2.05, 4.69) is 23.8 Å². The molecule has 0 aromatic carbocycles. The molecule has 0 amide bonds. The lowest BCUT2D eigenvalue weighted by atomic mass is 10.3. The Morgan fingerprint density at radius 3 is 2.64 bits per heavy atom. The Morgan fingerprint density at radius 1 is 1.09 bits per heavy atom. The molecule has 0 bridgehead atoms. The Balaban J connectivity index is 2.22. The first kappa shape index (κ1) is 9.01. The van der Waals surface area contributed by atoms with Crippen LogP contribution in [0, 0.1) is 0 Å². The van der Waals surface area contributed by atoms with E-state index in [4.69, 9.17) is 0 Å². The third kappa shape index (κ3) is 3.21. The van der Waals surface area contributed by atoms with Gasteiger partial charge in [-0.15, -0.1) is 0 Å². The molecule has 2 nitrogen and oxygen atoms in total. The zero-order chi connectivity index (χ0) is 8.10. The molecule has 0 aromatic heterocycles. The van der Waals surface area contributed by atoms with Gasteiger partial charge in [-0.1, -0.05) is 6.92 Å². The minimum atomic E-state index is 1.25. The van der Waals surface area contributed by atoms with Gasteiger partial charge in [0.2, 0.25) is 0 Å². The molecule has 1 fully saturated rings. The van der Waals surface area contributed by atoms with Crippen LogP contribution in [0.4, 0.5) is 0 Å². The van der Waals surface area contributed by atoms with Crippen LogP contribution >= 0.6 is 0 Å². The highest BCUT2D eigenvalue weighted by Gasteiger charge is 2.09. The summed E-state index contributed by atoms with van der Waals surface area (Å²) in [6.07, 6.45) is 2.64. The molecule has 0 N–H and O–H groups in total. The van der Waals surface area contributed by atoms with Crippen molar-refractivity contribution >= 4 is 0 Å². The Hall–Kier alpha value is -0.0800. The summed E-state index contributed by atoms with van der Waals surface area (Å²) in [6, 6.07) is 0. The van der Waals surface area contributed by atoms with Crippen LogP contribution in [-0.2, 0) is 0 Å². The largest absolute Gasteiger partial charge is 0.305 e. The van der Waals surface area contributed by atoms with Gasteiger partial charge in [0, 0.05) is 13.1 Å². The van der Waals surface area contributed by atoms with Crippen LogP contribution in [0.25, 0.3) is 0 Å². The van der Waals surface area contributed by atoms with E-state index in [1.807, 2.05) is 0 Å². The Labute approximate surface area is 70.2 Å². The molecule has 1 saturated heterocycles. The van der Waals surface area contributed by atoms with Gasteiger partial charge in [0.25, 0.3) is 0 Å². The van der Waals surface area contributed by atoms with E-state index >= 15 is 0 Å². The van der Waals surface area contributed by atoms with Crippen molar-refractivity contribution in [3.63, 3.8) is 0 Å². The number of hydrogen-bond acceptors (Lipinski definition) is 2. The molecule has 0 aliphatic carbocycles. The summed E-state index contributed by atoms with van der Waals surface area (Å²) in [6.45, 7) is 8.64. The van der Waals surface area contributed by atoms with E-state index in [0.717, 1.165) is 0 Å². The van der Waals surface area contributed by atoms with Crippen LogP contribution in [0.3, 0.4) is 0 Å². The minimum Gasteiger partial charge on any atom is -0.305 e. The highest BCUT2D eigenvalue weighted by atomic mass is 15.2. The van der Waals surface area contributed by atoms with E-state index in [1.165, 1.54) is 45.6 Å².